The average molecular weight is 326 g/mol. The van der Waals surface area contributed by atoms with Gasteiger partial charge in [-0.05, 0) is 44.4 Å². The summed E-state index contributed by atoms with van der Waals surface area (Å²) in [4.78, 5) is 12.5. The van der Waals surface area contributed by atoms with Crippen molar-refractivity contribution in [3.8, 4) is 0 Å². The molecule has 0 amide bonds. The number of nitro benzene ring substituents is 1. The van der Waals surface area contributed by atoms with Gasteiger partial charge in [-0.15, -0.1) is 0 Å². The quantitative estimate of drug-likeness (QED) is 0.613. The molecule has 0 unspecified atom stereocenters. The number of hydrogen-bond donors (Lipinski definition) is 0. The number of piperidine rings is 1. The highest BCUT2D eigenvalue weighted by molar-refractivity contribution is 7.91. The molecule has 1 fully saturated rings. The van der Waals surface area contributed by atoms with Crippen LogP contribution >= 0.6 is 0 Å². The number of rotatable bonds is 5. The third kappa shape index (κ3) is 4.04. The van der Waals surface area contributed by atoms with E-state index in [0.29, 0.717) is 5.92 Å². The molecular weight excluding hydrogens is 304 g/mol. The highest BCUT2D eigenvalue weighted by atomic mass is 32.2. The van der Waals surface area contributed by atoms with Gasteiger partial charge in [-0.2, -0.15) is 0 Å². The zero-order chi connectivity index (χ0) is 16.3. The van der Waals surface area contributed by atoms with E-state index >= 15 is 0 Å². The Morgan fingerprint density at radius 2 is 2.00 bits per heavy atom. The molecule has 6 nitrogen and oxygen atoms in total. The van der Waals surface area contributed by atoms with Crippen molar-refractivity contribution in [3.63, 3.8) is 0 Å². The van der Waals surface area contributed by atoms with Crippen molar-refractivity contribution in [2.24, 2.45) is 5.92 Å². The first kappa shape index (κ1) is 16.9. The minimum Gasteiger partial charge on any atom is -0.299 e. The molecule has 0 aliphatic carbocycles. The number of benzene rings is 1. The summed E-state index contributed by atoms with van der Waals surface area (Å²) in [7, 11) is -3.43. The van der Waals surface area contributed by atoms with E-state index in [4.69, 9.17) is 0 Å². The fourth-order valence-corrected chi connectivity index (χ4v) is 4.51. The van der Waals surface area contributed by atoms with E-state index in [9.17, 15) is 18.5 Å². The standard InChI is InChI=1S/C15H22N2O4S/c1-12-4-3-9-16(10-12)13(2)11-22(20,21)15-7-5-14(6-8-15)17(18)19/h5-8,12-13H,3-4,9-11H2,1-2H3/t12-,13-/m0/s1. The molecule has 1 aromatic carbocycles. The minimum absolute atomic E-state index is 0.0392. The second-order valence-electron chi connectivity index (χ2n) is 6.12. The molecule has 1 saturated heterocycles. The van der Waals surface area contributed by atoms with Crippen molar-refractivity contribution in [1.29, 1.82) is 0 Å². The SMILES string of the molecule is C[C@H]1CCCN([C@@H](C)CS(=O)(=O)c2ccc([N+](=O)[O-])cc2)C1. The Labute approximate surface area is 131 Å². The number of non-ortho nitro benzene ring substituents is 1. The third-order valence-electron chi connectivity index (χ3n) is 4.18. The van der Waals surface area contributed by atoms with Crippen LogP contribution in [-0.4, -0.2) is 43.1 Å². The molecule has 0 bridgehead atoms. The average Bonchev–Trinajstić information content (AvgIpc) is 2.47. The van der Waals surface area contributed by atoms with E-state index < -0.39 is 14.8 Å². The molecule has 1 aliphatic heterocycles. The zero-order valence-electron chi connectivity index (χ0n) is 12.9. The van der Waals surface area contributed by atoms with E-state index in [0.717, 1.165) is 19.5 Å². The normalized spacial score (nSPS) is 21.5. The minimum atomic E-state index is -3.43. The Bertz CT molecular complexity index is 627. The number of hydrogen-bond acceptors (Lipinski definition) is 5. The van der Waals surface area contributed by atoms with Gasteiger partial charge in [0.15, 0.2) is 9.84 Å². The molecular formula is C15H22N2O4S. The van der Waals surface area contributed by atoms with Crippen LogP contribution in [0.1, 0.15) is 26.7 Å². The molecule has 2 rings (SSSR count). The second-order valence-corrected chi connectivity index (χ2v) is 8.16. The summed E-state index contributed by atoms with van der Waals surface area (Å²) >= 11 is 0. The number of likely N-dealkylation sites (tertiary alicyclic amines) is 1. The first-order valence-corrected chi connectivity index (χ1v) is 9.16. The summed E-state index contributed by atoms with van der Waals surface area (Å²) in [5.74, 6) is 0.635. The van der Waals surface area contributed by atoms with Crippen LogP contribution in [0.3, 0.4) is 0 Å². The zero-order valence-corrected chi connectivity index (χ0v) is 13.8. The first-order chi connectivity index (χ1) is 10.3. The van der Waals surface area contributed by atoms with Gasteiger partial charge in [0.05, 0.1) is 15.6 Å². The molecule has 0 aromatic heterocycles. The summed E-state index contributed by atoms with van der Waals surface area (Å²) in [6.07, 6.45) is 2.29. The molecule has 0 spiro atoms. The molecule has 1 aromatic rings. The van der Waals surface area contributed by atoms with Crippen LogP contribution in [0, 0.1) is 16.0 Å². The maximum absolute atomic E-state index is 12.5. The maximum atomic E-state index is 12.5. The fraction of sp³-hybridized carbons (Fsp3) is 0.600. The van der Waals surface area contributed by atoms with E-state index in [2.05, 4.69) is 11.8 Å². The van der Waals surface area contributed by atoms with Crippen molar-refractivity contribution >= 4 is 15.5 Å². The third-order valence-corrected chi connectivity index (χ3v) is 6.09. The highest BCUT2D eigenvalue weighted by Gasteiger charge is 2.26. The van der Waals surface area contributed by atoms with E-state index in [1.165, 1.54) is 30.7 Å². The number of nitro groups is 1. The summed E-state index contributed by atoms with van der Waals surface area (Å²) in [6, 6.07) is 5.06. The first-order valence-electron chi connectivity index (χ1n) is 7.51. The van der Waals surface area contributed by atoms with Gasteiger partial charge in [0, 0.05) is 24.7 Å². The Balaban J connectivity index is 2.08. The van der Waals surface area contributed by atoms with Crippen molar-refractivity contribution in [1.82, 2.24) is 4.90 Å². The summed E-state index contributed by atoms with van der Waals surface area (Å²) in [6.45, 7) is 5.98. The van der Waals surface area contributed by atoms with Gasteiger partial charge in [-0.1, -0.05) is 6.92 Å². The van der Waals surface area contributed by atoms with Crippen LogP contribution in [0.5, 0.6) is 0 Å². The van der Waals surface area contributed by atoms with Crippen LogP contribution < -0.4 is 0 Å². The Morgan fingerprint density at radius 3 is 2.55 bits per heavy atom. The van der Waals surface area contributed by atoms with Crippen LogP contribution in [0.4, 0.5) is 5.69 Å². The molecule has 122 valence electrons. The van der Waals surface area contributed by atoms with Gasteiger partial charge < -0.3 is 0 Å². The predicted octanol–water partition coefficient (Wildman–Crippen LogP) is 2.49. The Hall–Kier alpha value is -1.47. The molecule has 0 radical (unpaired) electrons. The van der Waals surface area contributed by atoms with Crippen LogP contribution in [0.25, 0.3) is 0 Å². The van der Waals surface area contributed by atoms with E-state index in [-0.39, 0.29) is 22.4 Å². The largest absolute Gasteiger partial charge is 0.299 e. The monoisotopic (exact) mass is 326 g/mol. The van der Waals surface area contributed by atoms with Gasteiger partial charge in [0.25, 0.3) is 5.69 Å². The van der Waals surface area contributed by atoms with Crippen molar-refractivity contribution in [3.05, 3.63) is 34.4 Å². The molecule has 7 heteroatoms. The van der Waals surface area contributed by atoms with Crippen molar-refractivity contribution in [2.75, 3.05) is 18.8 Å². The van der Waals surface area contributed by atoms with Crippen molar-refractivity contribution < 1.29 is 13.3 Å². The summed E-state index contributed by atoms with van der Waals surface area (Å²) < 4.78 is 24.9. The lowest BCUT2D eigenvalue weighted by atomic mass is 9.99. The lowest BCUT2D eigenvalue weighted by Crippen LogP contribution is -2.43. The highest BCUT2D eigenvalue weighted by Crippen LogP contribution is 2.21. The molecule has 1 aliphatic rings. The fourth-order valence-electron chi connectivity index (χ4n) is 2.92. The van der Waals surface area contributed by atoms with Crippen LogP contribution in [0.15, 0.2) is 29.2 Å². The lowest BCUT2D eigenvalue weighted by Gasteiger charge is -2.35. The number of sulfone groups is 1. The molecule has 0 N–H and O–H groups in total. The van der Waals surface area contributed by atoms with Gasteiger partial charge in [-0.3, -0.25) is 15.0 Å². The molecule has 22 heavy (non-hydrogen) atoms. The predicted molar refractivity (Wildman–Crippen MR) is 84.6 cm³/mol. The van der Waals surface area contributed by atoms with Crippen LogP contribution in [-0.2, 0) is 9.84 Å². The molecule has 2 atom stereocenters. The van der Waals surface area contributed by atoms with Gasteiger partial charge >= 0.3 is 0 Å². The van der Waals surface area contributed by atoms with Crippen molar-refractivity contribution in [2.45, 2.75) is 37.6 Å². The van der Waals surface area contributed by atoms with Gasteiger partial charge in [0.1, 0.15) is 0 Å². The topological polar surface area (TPSA) is 80.5 Å². The van der Waals surface area contributed by atoms with E-state index in [1.54, 1.807) is 0 Å². The summed E-state index contributed by atoms with van der Waals surface area (Å²) in [5, 5.41) is 10.6. The number of nitrogens with zero attached hydrogens (tertiary/aromatic N) is 2. The van der Waals surface area contributed by atoms with Crippen LogP contribution in [0.2, 0.25) is 0 Å². The Morgan fingerprint density at radius 1 is 1.36 bits per heavy atom. The maximum Gasteiger partial charge on any atom is 0.269 e. The summed E-state index contributed by atoms with van der Waals surface area (Å²) in [5.41, 5.74) is -0.100. The Kier molecular flexibility index (Phi) is 5.18. The lowest BCUT2D eigenvalue weighted by molar-refractivity contribution is -0.384. The molecule has 1 heterocycles. The second kappa shape index (κ2) is 6.75. The van der Waals surface area contributed by atoms with E-state index in [1.807, 2.05) is 6.92 Å². The van der Waals surface area contributed by atoms with Gasteiger partial charge in [-0.25, -0.2) is 8.42 Å². The smallest absolute Gasteiger partial charge is 0.269 e. The molecule has 0 saturated carbocycles. The van der Waals surface area contributed by atoms with Gasteiger partial charge in [0.2, 0.25) is 0 Å².